The lowest BCUT2D eigenvalue weighted by atomic mass is 10.2. The Balaban J connectivity index is 1.50. The number of anilines is 1. The first-order valence-electron chi connectivity index (χ1n) is 7.74. The summed E-state index contributed by atoms with van der Waals surface area (Å²) in [5, 5.41) is 21.3. The maximum atomic E-state index is 12.9. The minimum absolute atomic E-state index is 0.101. The van der Waals surface area contributed by atoms with Crippen LogP contribution in [0.4, 0.5) is 15.9 Å². The Morgan fingerprint density at radius 3 is 2.69 bits per heavy atom. The molecule has 0 fully saturated rings. The molecular formula is C16H15FN6O3. The Morgan fingerprint density at radius 1 is 1.23 bits per heavy atom. The molecule has 1 amide bonds. The molecule has 0 unspecified atom stereocenters. The van der Waals surface area contributed by atoms with Gasteiger partial charge in [-0.15, -0.1) is 0 Å². The normalized spacial score (nSPS) is 10.7. The van der Waals surface area contributed by atoms with Crippen LogP contribution in [-0.4, -0.2) is 30.4 Å². The zero-order valence-corrected chi connectivity index (χ0v) is 13.6. The van der Waals surface area contributed by atoms with Crippen LogP contribution in [0.2, 0.25) is 0 Å². The van der Waals surface area contributed by atoms with Crippen molar-refractivity contribution in [1.29, 1.82) is 0 Å². The van der Waals surface area contributed by atoms with E-state index in [1.165, 1.54) is 23.0 Å². The van der Waals surface area contributed by atoms with Crippen LogP contribution in [0.15, 0.2) is 48.9 Å². The smallest absolute Gasteiger partial charge is 0.306 e. The van der Waals surface area contributed by atoms with Crippen molar-refractivity contribution in [2.45, 2.75) is 19.5 Å². The van der Waals surface area contributed by atoms with Crippen LogP contribution in [0.5, 0.6) is 0 Å². The van der Waals surface area contributed by atoms with Gasteiger partial charge in [0.15, 0.2) is 5.82 Å². The predicted molar refractivity (Wildman–Crippen MR) is 89.9 cm³/mol. The minimum Gasteiger partial charge on any atom is -0.309 e. The van der Waals surface area contributed by atoms with Gasteiger partial charge in [0, 0.05) is 25.2 Å². The minimum atomic E-state index is -0.544. The molecule has 134 valence electrons. The van der Waals surface area contributed by atoms with Crippen molar-refractivity contribution in [3.63, 3.8) is 0 Å². The molecule has 0 atom stereocenters. The quantitative estimate of drug-likeness (QED) is 0.514. The molecule has 0 aliphatic heterocycles. The van der Waals surface area contributed by atoms with Crippen molar-refractivity contribution in [2.24, 2.45) is 0 Å². The van der Waals surface area contributed by atoms with Gasteiger partial charge in [0.2, 0.25) is 5.91 Å². The highest BCUT2D eigenvalue weighted by Crippen LogP contribution is 2.10. The van der Waals surface area contributed by atoms with Crippen LogP contribution in [0.25, 0.3) is 0 Å². The Bertz CT molecular complexity index is 918. The van der Waals surface area contributed by atoms with Crippen LogP contribution in [0.1, 0.15) is 12.0 Å². The molecule has 3 rings (SSSR count). The van der Waals surface area contributed by atoms with Gasteiger partial charge < -0.3 is 5.32 Å². The lowest BCUT2D eigenvalue weighted by Gasteiger charge is -2.03. The van der Waals surface area contributed by atoms with Crippen molar-refractivity contribution in [3.05, 3.63) is 70.4 Å². The molecule has 0 spiro atoms. The first-order valence-corrected chi connectivity index (χ1v) is 7.74. The van der Waals surface area contributed by atoms with Crippen molar-refractivity contribution in [3.8, 4) is 0 Å². The summed E-state index contributed by atoms with van der Waals surface area (Å²) in [4.78, 5) is 22.0. The fourth-order valence-electron chi connectivity index (χ4n) is 2.28. The molecule has 1 aromatic carbocycles. The third-order valence-electron chi connectivity index (χ3n) is 3.56. The zero-order chi connectivity index (χ0) is 18.5. The third kappa shape index (κ3) is 4.50. The Labute approximate surface area is 147 Å². The molecule has 3 aromatic rings. The number of aryl methyl sites for hydroxylation is 1. The van der Waals surface area contributed by atoms with Crippen molar-refractivity contribution < 1.29 is 14.1 Å². The highest BCUT2D eigenvalue weighted by molar-refractivity contribution is 5.89. The Kier molecular flexibility index (Phi) is 5.02. The molecular weight excluding hydrogens is 343 g/mol. The summed E-state index contributed by atoms with van der Waals surface area (Å²) in [6, 6.07) is 7.74. The molecule has 2 aromatic heterocycles. The first-order chi connectivity index (χ1) is 12.5. The van der Waals surface area contributed by atoms with Gasteiger partial charge in [-0.3, -0.25) is 24.3 Å². The molecule has 0 aliphatic rings. The van der Waals surface area contributed by atoms with Crippen molar-refractivity contribution >= 4 is 17.4 Å². The number of amides is 1. The maximum absolute atomic E-state index is 12.9. The molecule has 0 saturated heterocycles. The Hall–Kier alpha value is -3.56. The summed E-state index contributed by atoms with van der Waals surface area (Å²) in [5.74, 6) is -0.191. The van der Waals surface area contributed by atoms with E-state index in [0.717, 1.165) is 11.8 Å². The summed E-state index contributed by atoms with van der Waals surface area (Å²) in [5.41, 5.74) is 0.762. The van der Waals surface area contributed by atoms with E-state index >= 15 is 0 Å². The van der Waals surface area contributed by atoms with E-state index < -0.39 is 4.92 Å². The number of nitrogens with zero attached hydrogens (tertiary/aromatic N) is 5. The second-order valence-corrected chi connectivity index (χ2v) is 5.54. The van der Waals surface area contributed by atoms with Gasteiger partial charge in [-0.05, 0) is 17.7 Å². The number of nitrogens with one attached hydrogen (secondary N) is 1. The maximum Gasteiger partial charge on any atom is 0.306 e. The van der Waals surface area contributed by atoms with Crippen LogP contribution >= 0.6 is 0 Å². The van der Waals surface area contributed by atoms with E-state index in [2.05, 4.69) is 15.5 Å². The second-order valence-electron chi connectivity index (χ2n) is 5.54. The number of hydrogen-bond acceptors (Lipinski definition) is 5. The lowest BCUT2D eigenvalue weighted by molar-refractivity contribution is -0.385. The summed E-state index contributed by atoms with van der Waals surface area (Å²) in [6.45, 7) is 0.670. The van der Waals surface area contributed by atoms with Crippen molar-refractivity contribution in [1.82, 2.24) is 19.6 Å². The van der Waals surface area contributed by atoms with Gasteiger partial charge >= 0.3 is 5.69 Å². The largest absolute Gasteiger partial charge is 0.309 e. The summed E-state index contributed by atoms with van der Waals surface area (Å²) < 4.78 is 15.9. The predicted octanol–water partition coefficient (Wildman–Crippen LogP) is 2.20. The number of aromatic nitrogens is 4. The fraction of sp³-hybridized carbons (Fsp3) is 0.188. The monoisotopic (exact) mass is 358 g/mol. The van der Waals surface area contributed by atoms with Crippen LogP contribution in [-0.2, 0) is 17.9 Å². The lowest BCUT2D eigenvalue weighted by Crippen LogP contribution is -2.15. The molecule has 10 heteroatoms. The van der Waals surface area contributed by atoms with Gasteiger partial charge in [0.25, 0.3) is 0 Å². The number of nitro groups is 1. The number of carbonyl (C=O) groups excluding carboxylic acids is 1. The molecule has 26 heavy (non-hydrogen) atoms. The van der Waals surface area contributed by atoms with Gasteiger partial charge in [-0.1, -0.05) is 12.1 Å². The van der Waals surface area contributed by atoms with E-state index in [1.54, 1.807) is 29.1 Å². The highest BCUT2D eigenvalue weighted by Gasteiger charge is 2.10. The fourth-order valence-corrected chi connectivity index (χ4v) is 2.28. The standard InChI is InChI=1S/C16H15FN6O3/c17-13-3-1-12(2-4-13)10-22-7-5-15(20-22)19-16(24)6-8-21-11-14(9-18-21)23(25)26/h1-5,7,9,11H,6,8,10H2,(H,19,20,24). The highest BCUT2D eigenvalue weighted by atomic mass is 19.1. The van der Waals surface area contributed by atoms with Crippen molar-refractivity contribution in [2.75, 3.05) is 5.32 Å². The van der Waals surface area contributed by atoms with E-state index in [4.69, 9.17) is 0 Å². The van der Waals surface area contributed by atoms with E-state index in [9.17, 15) is 19.3 Å². The van der Waals surface area contributed by atoms with Gasteiger partial charge in [-0.2, -0.15) is 10.2 Å². The zero-order valence-electron chi connectivity index (χ0n) is 13.6. The second kappa shape index (κ2) is 7.55. The summed E-state index contributed by atoms with van der Waals surface area (Å²) >= 11 is 0. The average molecular weight is 358 g/mol. The number of benzene rings is 1. The van der Waals surface area contributed by atoms with Gasteiger partial charge in [0.1, 0.15) is 18.2 Å². The molecule has 0 radical (unpaired) electrons. The third-order valence-corrected chi connectivity index (χ3v) is 3.56. The first kappa shape index (κ1) is 17.3. The molecule has 1 N–H and O–H groups in total. The Morgan fingerprint density at radius 2 is 2.00 bits per heavy atom. The van der Waals surface area contributed by atoms with E-state index in [0.29, 0.717) is 12.4 Å². The number of hydrogen-bond donors (Lipinski definition) is 1. The number of carbonyl (C=O) groups is 1. The summed E-state index contributed by atoms with van der Waals surface area (Å²) in [6.07, 6.45) is 4.21. The average Bonchev–Trinajstić information content (AvgIpc) is 3.25. The topological polar surface area (TPSA) is 108 Å². The van der Waals surface area contributed by atoms with Crippen LogP contribution in [0.3, 0.4) is 0 Å². The summed E-state index contributed by atoms with van der Waals surface area (Å²) in [7, 11) is 0. The van der Waals surface area contributed by atoms with E-state index in [-0.39, 0.29) is 30.4 Å². The van der Waals surface area contributed by atoms with E-state index in [1.807, 2.05) is 0 Å². The molecule has 9 nitrogen and oxygen atoms in total. The molecule has 2 heterocycles. The molecule has 0 saturated carbocycles. The molecule has 0 bridgehead atoms. The molecule has 0 aliphatic carbocycles. The van der Waals surface area contributed by atoms with Crippen LogP contribution in [0, 0.1) is 15.9 Å². The van der Waals surface area contributed by atoms with Crippen LogP contribution < -0.4 is 5.32 Å². The number of rotatable bonds is 7. The SMILES string of the molecule is O=C(CCn1cc([N+](=O)[O-])cn1)Nc1ccn(Cc2ccc(F)cc2)n1. The van der Waals surface area contributed by atoms with Gasteiger partial charge in [0.05, 0.1) is 11.5 Å². The number of halogens is 1. The van der Waals surface area contributed by atoms with Gasteiger partial charge in [-0.25, -0.2) is 4.39 Å².